The molecular formula is C33H38O5. The second-order valence-corrected chi connectivity index (χ2v) is 9.16. The lowest BCUT2D eigenvalue weighted by Crippen LogP contribution is -2.20. The van der Waals surface area contributed by atoms with Gasteiger partial charge in [-0.2, -0.15) is 0 Å². The van der Waals surface area contributed by atoms with Gasteiger partial charge < -0.3 is 18.9 Å². The molecule has 0 saturated carbocycles. The fourth-order valence-electron chi connectivity index (χ4n) is 4.09. The lowest BCUT2D eigenvalue weighted by atomic mass is 10.0. The van der Waals surface area contributed by atoms with E-state index in [4.69, 9.17) is 18.9 Å². The summed E-state index contributed by atoms with van der Waals surface area (Å²) in [6.07, 6.45) is 6.05. The van der Waals surface area contributed by atoms with Gasteiger partial charge in [0.15, 0.2) is 0 Å². The van der Waals surface area contributed by atoms with Gasteiger partial charge in [0.25, 0.3) is 0 Å². The number of ether oxygens (including phenoxy) is 4. The Morgan fingerprint density at radius 3 is 2.13 bits per heavy atom. The van der Waals surface area contributed by atoms with Crippen LogP contribution in [0.1, 0.15) is 53.2 Å². The predicted molar refractivity (Wildman–Crippen MR) is 152 cm³/mol. The van der Waals surface area contributed by atoms with Crippen molar-refractivity contribution in [3.63, 3.8) is 0 Å². The van der Waals surface area contributed by atoms with Crippen LogP contribution in [0.5, 0.6) is 11.5 Å². The van der Waals surface area contributed by atoms with Gasteiger partial charge in [0.05, 0.1) is 25.9 Å². The monoisotopic (exact) mass is 514 g/mol. The van der Waals surface area contributed by atoms with Gasteiger partial charge in [-0.15, -0.1) is 13.2 Å². The number of benzene rings is 3. The molecule has 0 amide bonds. The highest BCUT2D eigenvalue weighted by atomic mass is 16.5. The van der Waals surface area contributed by atoms with Crippen molar-refractivity contribution in [2.45, 2.75) is 58.0 Å². The van der Waals surface area contributed by atoms with E-state index in [9.17, 15) is 4.79 Å². The zero-order valence-electron chi connectivity index (χ0n) is 22.4. The van der Waals surface area contributed by atoms with Crippen molar-refractivity contribution < 1.29 is 23.7 Å². The van der Waals surface area contributed by atoms with Gasteiger partial charge in [-0.05, 0) is 55.4 Å². The van der Waals surface area contributed by atoms with Crippen LogP contribution in [-0.4, -0.2) is 25.3 Å². The van der Waals surface area contributed by atoms with Crippen molar-refractivity contribution in [3.8, 4) is 11.5 Å². The highest BCUT2D eigenvalue weighted by Crippen LogP contribution is 2.31. The average molecular weight is 515 g/mol. The Hall–Kier alpha value is -3.83. The van der Waals surface area contributed by atoms with Gasteiger partial charge >= 0.3 is 5.97 Å². The molecule has 200 valence electrons. The number of rotatable bonds is 16. The Kier molecular flexibility index (Phi) is 11.7. The highest BCUT2D eigenvalue weighted by Gasteiger charge is 2.21. The van der Waals surface area contributed by atoms with Crippen LogP contribution in [0, 0.1) is 0 Å². The van der Waals surface area contributed by atoms with E-state index in [-0.39, 0.29) is 12.2 Å². The number of allylic oxidation sites excluding steroid dienone is 1. The largest absolute Gasteiger partial charge is 0.496 e. The van der Waals surface area contributed by atoms with Crippen LogP contribution >= 0.6 is 0 Å². The molecule has 0 saturated heterocycles. The molecule has 0 radical (unpaired) electrons. The SMILES string of the molecule is C=CCc1cc(C(=O)O[C@H](C)CC[C@H](CC=C)OCc2ccccc2)c(OC)cc1OCc1ccccc1. The Balaban J connectivity index is 1.62. The molecule has 0 spiro atoms. The van der Waals surface area contributed by atoms with Crippen LogP contribution < -0.4 is 9.47 Å². The van der Waals surface area contributed by atoms with Crippen molar-refractivity contribution in [2.75, 3.05) is 7.11 Å². The molecule has 38 heavy (non-hydrogen) atoms. The predicted octanol–water partition coefficient (Wildman–Crippen LogP) is 7.49. The number of carbonyl (C=O) groups is 1. The van der Waals surface area contributed by atoms with Crippen molar-refractivity contribution in [1.82, 2.24) is 0 Å². The molecule has 0 aliphatic carbocycles. The number of methoxy groups -OCH3 is 1. The third-order valence-corrected chi connectivity index (χ3v) is 6.17. The summed E-state index contributed by atoms with van der Waals surface area (Å²) < 4.78 is 23.5. The van der Waals surface area contributed by atoms with Crippen LogP contribution in [0.2, 0.25) is 0 Å². The minimum absolute atomic E-state index is 0.00337. The van der Waals surface area contributed by atoms with Gasteiger partial charge in [0.1, 0.15) is 23.7 Å². The van der Waals surface area contributed by atoms with Crippen molar-refractivity contribution in [2.24, 2.45) is 0 Å². The fourth-order valence-corrected chi connectivity index (χ4v) is 4.09. The van der Waals surface area contributed by atoms with E-state index in [0.717, 1.165) is 29.5 Å². The Morgan fingerprint density at radius 1 is 0.868 bits per heavy atom. The summed E-state index contributed by atoms with van der Waals surface area (Å²) in [6.45, 7) is 10.5. The molecule has 3 rings (SSSR count). The number of carbonyl (C=O) groups excluding carboxylic acids is 1. The summed E-state index contributed by atoms with van der Waals surface area (Å²) in [5.74, 6) is 0.631. The Labute approximate surface area is 226 Å². The highest BCUT2D eigenvalue weighted by molar-refractivity contribution is 5.93. The Morgan fingerprint density at radius 2 is 1.53 bits per heavy atom. The second-order valence-electron chi connectivity index (χ2n) is 9.16. The molecule has 0 aliphatic heterocycles. The maximum atomic E-state index is 13.1. The molecule has 0 aliphatic rings. The van der Waals surface area contributed by atoms with Gasteiger partial charge in [-0.1, -0.05) is 72.8 Å². The average Bonchev–Trinajstić information content (AvgIpc) is 2.94. The van der Waals surface area contributed by atoms with E-state index in [0.29, 0.717) is 43.1 Å². The minimum Gasteiger partial charge on any atom is -0.496 e. The lowest BCUT2D eigenvalue weighted by Gasteiger charge is -2.20. The molecule has 2 atom stereocenters. The maximum absolute atomic E-state index is 13.1. The first kappa shape index (κ1) is 28.7. The van der Waals surface area contributed by atoms with E-state index >= 15 is 0 Å². The second kappa shape index (κ2) is 15.4. The van der Waals surface area contributed by atoms with E-state index in [1.54, 1.807) is 18.2 Å². The van der Waals surface area contributed by atoms with Gasteiger partial charge in [-0.25, -0.2) is 4.79 Å². The van der Waals surface area contributed by atoms with Crippen LogP contribution in [0.3, 0.4) is 0 Å². The first-order chi connectivity index (χ1) is 18.5. The summed E-state index contributed by atoms with van der Waals surface area (Å²) in [5.41, 5.74) is 3.39. The third kappa shape index (κ3) is 8.93. The van der Waals surface area contributed by atoms with Gasteiger partial charge in [0, 0.05) is 6.07 Å². The van der Waals surface area contributed by atoms with Crippen molar-refractivity contribution in [3.05, 3.63) is 120 Å². The third-order valence-electron chi connectivity index (χ3n) is 6.17. The fraction of sp³-hybridized carbons (Fsp3) is 0.303. The summed E-state index contributed by atoms with van der Waals surface area (Å²) in [6, 6.07) is 23.5. The smallest absolute Gasteiger partial charge is 0.342 e. The zero-order valence-corrected chi connectivity index (χ0v) is 22.4. The number of hydrogen-bond acceptors (Lipinski definition) is 5. The zero-order chi connectivity index (χ0) is 27.2. The van der Waals surface area contributed by atoms with E-state index in [2.05, 4.69) is 13.2 Å². The molecule has 3 aromatic rings. The maximum Gasteiger partial charge on any atom is 0.342 e. The minimum atomic E-state index is -0.431. The number of esters is 1. The molecule has 0 N–H and O–H groups in total. The Bertz CT molecular complexity index is 1160. The van der Waals surface area contributed by atoms with Crippen LogP contribution in [0.4, 0.5) is 0 Å². The molecule has 0 bridgehead atoms. The summed E-state index contributed by atoms with van der Waals surface area (Å²) in [5, 5.41) is 0. The van der Waals surface area contributed by atoms with Crippen molar-refractivity contribution >= 4 is 5.97 Å². The van der Waals surface area contributed by atoms with E-state index < -0.39 is 5.97 Å². The first-order valence-corrected chi connectivity index (χ1v) is 13.0. The molecule has 0 aromatic heterocycles. The van der Waals surface area contributed by atoms with Crippen molar-refractivity contribution in [1.29, 1.82) is 0 Å². The molecule has 0 heterocycles. The summed E-state index contributed by atoms with van der Waals surface area (Å²) in [7, 11) is 1.54. The topological polar surface area (TPSA) is 54.0 Å². The standard InChI is InChI=1S/C33H38O5/c1-5-13-28-21-30(32(35-4)22-31(28)37-24-27-17-11-8-12-18-27)33(34)38-25(3)19-20-29(14-6-2)36-23-26-15-9-7-10-16-26/h5-12,15-18,21-22,25,29H,1-2,13-14,19-20,23-24H2,3-4H3/t25-,29+/m1/s1. The van der Waals surface area contributed by atoms with Crippen LogP contribution in [0.25, 0.3) is 0 Å². The molecule has 5 heteroatoms. The molecule has 5 nitrogen and oxygen atoms in total. The normalized spacial score (nSPS) is 12.3. The van der Waals surface area contributed by atoms with E-state index in [1.165, 1.54) is 7.11 Å². The number of hydrogen-bond donors (Lipinski definition) is 0. The lowest BCUT2D eigenvalue weighted by molar-refractivity contribution is 0.0125. The molecule has 3 aromatic carbocycles. The molecule has 0 unspecified atom stereocenters. The molecular weight excluding hydrogens is 476 g/mol. The van der Waals surface area contributed by atoms with Crippen LogP contribution in [-0.2, 0) is 29.1 Å². The first-order valence-electron chi connectivity index (χ1n) is 13.0. The summed E-state index contributed by atoms with van der Waals surface area (Å²) in [4.78, 5) is 13.1. The quantitative estimate of drug-likeness (QED) is 0.146. The van der Waals surface area contributed by atoms with E-state index in [1.807, 2.05) is 73.7 Å². The van der Waals surface area contributed by atoms with Gasteiger partial charge in [0.2, 0.25) is 0 Å². The summed E-state index contributed by atoms with van der Waals surface area (Å²) >= 11 is 0. The van der Waals surface area contributed by atoms with Gasteiger partial charge in [-0.3, -0.25) is 0 Å². The molecule has 0 fully saturated rings. The van der Waals surface area contributed by atoms with Crippen LogP contribution in [0.15, 0.2) is 98.1 Å².